The number of amides is 1. The van der Waals surface area contributed by atoms with E-state index in [0.29, 0.717) is 6.61 Å². The van der Waals surface area contributed by atoms with Gasteiger partial charge in [-0.2, -0.15) is 0 Å². The predicted octanol–water partition coefficient (Wildman–Crippen LogP) is 1.45. The molecular weight excluding hydrogens is 264 g/mol. The van der Waals surface area contributed by atoms with Crippen molar-refractivity contribution in [3.63, 3.8) is 0 Å². The summed E-state index contributed by atoms with van der Waals surface area (Å²) in [5.41, 5.74) is 1.10. The van der Waals surface area contributed by atoms with Gasteiger partial charge in [0.15, 0.2) is 0 Å². The lowest BCUT2D eigenvalue weighted by Gasteiger charge is -2.33. The van der Waals surface area contributed by atoms with Gasteiger partial charge in [0.05, 0.1) is 6.61 Å². The van der Waals surface area contributed by atoms with E-state index in [2.05, 4.69) is 12.2 Å². The SMILES string of the molecule is C[C@@H]1CNCCN1C(=O)COCc1ccccc1.Cl. The third-order valence-corrected chi connectivity index (χ3v) is 3.16. The lowest BCUT2D eigenvalue weighted by atomic mass is 10.2. The van der Waals surface area contributed by atoms with Gasteiger partial charge in [-0.15, -0.1) is 12.4 Å². The highest BCUT2D eigenvalue weighted by Gasteiger charge is 2.22. The Morgan fingerprint density at radius 1 is 1.42 bits per heavy atom. The van der Waals surface area contributed by atoms with E-state index in [0.717, 1.165) is 25.2 Å². The maximum absolute atomic E-state index is 12.0. The zero-order valence-electron chi connectivity index (χ0n) is 11.2. The Hall–Kier alpha value is -1.10. The normalized spacial score (nSPS) is 18.8. The molecule has 1 aliphatic rings. The summed E-state index contributed by atoms with van der Waals surface area (Å²) in [6.45, 7) is 5.22. The van der Waals surface area contributed by atoms with Crippen LogP contribution in [-0.4, -0.2) is 43.1 Å². The first-order chi connectivity index (χ1) is 8.77. The number of ether oxygens (including phenoxy) is 1. The molecule has 0 aliphatic carbocycles. The lowest BCUT2D eigenvalue weighted by Crippen LogP contribution is -2.53. The second kappa shape index (κ2) is 8.15. The van der Waals surface area contributed by atoms with Gasteiger partial charge >= 0.3 is 0 Å². The van der Waals surface area contributed by atoms with Gasteiger partial charge in [-0.1, -0.05) is 30.3 Å². The number of piperazine rings is 1. The van der Waals surface area contributed by atoms with Crippen LogP contribution in [0.15, 0.2) is 30.3 Å². The molecule has 1 atom stereocenters. The van der Waals surface area contributed by atoms with Crippen LogP contribution in [0, 0.1) is 0 Å². The monoisotopic (exact) mass is 284 g/mol. The second-order valence-electron chi connectivity index (χ2n) is 4.62. The highest BCUT2D eigenvalue weighted by atomic mass is 35.5. The largest absolute Gasteiger partial charge is 0.367 e. The third kappa shape index (κ3) is 4.82. The maximum Gasteiger partial charge on any atom is 0.248 e. The Morgan fingerprint density at radius 2 is 2.16 bits per heavy atom. The van der Waals surface area contributed by atoms with Crippen LogP contribution in [0.1, 0.15) is 12.5 Å². The first-order valence-corrected chi connectivity index (χ1v) is 6.39. The van der Waals surface area contributed by atoms with E-state index in [1.165, 1.54) is 0 Å². The Kier molecular flexibility index (Phi) is 6.84. The molecule has 0 aromatic heterocycles. The molecule has 4 nitrogen and oxygen atoms in total. The molecule has 1 heterocycles. The molecule has 1 fully saturated rings. The van der Waals surface area contributed by atoms with E-state index >= 15 is 0 Å². The van der Waals surface area contributed by atoms with Gasteiger partial charge in [0.25, 0.3) is 0 Å². The topological polar surface area (TPSA) is 41.6 Å². The smallest absolute Gasteiger partial charge is 0.248 e. The Balaban J connectivity index is 0.00000180. The zero-order valence-corrected chi connectivity index (χ0v) is 12.0. The highest BCUT2D eigenvalue weighted by Crippen LogP contribution is 2.05. The molecule has 1 saturated heterocycles. The molecule has 5 heteroatoms. The van der Waals surface area contributed by atoms with Crippen LogP contribution < -0.4 is 5.32 Å². The fourth-order valence-corrected chi connectivity index (χ4v) is 2.12. The average Bonchev–Trinajstić information content (AvgIpc) is 2.40. The molecule has 0 spiro atoms. The molecule has 1 aromatic carbocycles. The first kappa shape index (κ1) is 16.0. The van der Waals surface area contributed by atoms with Crippen molar-refractivity contribution >= 4 is 18.3 Å². The quantitative estimate of drug-likeness (QED) is 0.910. The van der Waals surface area contributed by atoms with Crippen LogP contribution in [0.5, 0.6) is 0 Å². The van der Waals surface area contributed by atoms with Crippen LogP contribution in [0.3, 0.4) is 0 Å². The highest BCUT2D eigenvalue weighted by molar-refractivity contribution is 5.85. The van der Waals surface area contributed by atoms with E-state index in [1.807, 2.05) is 35.2 Å². The average molecular weight is 285 g/mol. The molecule has 106 valence electrons. The van der Waals surface area contributed by atoms with Crippen molar-refractivity contribution in [2.45, 2.75) is 19.6 Å². The van der Waals surface area contributed by atoms with E-state index in [4.69, 9.17) is 4.74 Å². The number of rotatable bonds is 4. The number of nitrogens with zero attached hydrogens (tertiary/aromatic N) is 1. The summed E-state index contributed by atoms with van der Waals surface area (Å²) >= 11 is 0. The summed E-state index contributed by atoms with van der Waals surface area (Å²) in [4.78, 5) is 13.9. The minimum Gasteiger partial charge on any atom is -0.367 e. The van der Waals surface area contributed by atoms with Crippen molar-refractivity contribution in [3.8, 4) is 0 Å². The summed E-state index contributed by atoms with van der Waals surface area (Å²) in [7, 11) is 0. The molecule has 0 unspecified atom stereocenters. The van der Waals surface area contributed by atoms with Gasteiger partial charge < -0.3 is 15.0 Å². The summed E-state index contributed by atoms with van der Waals surface area (Å²) in [5.74, 6) is 0.0833. The number of halogens is 1. The number of benzene rings is 1. The van der Waals surface area contributed by atoms with Crippen molar-refractivity contribution in [2.75, 3.05) is 26.2 Å². The molecule has 1 aliphatic heterocycles. The van der Waals surface area contributed by atoms with Crippen LogP contribution in [0.4, 0.5) is 0 Å². The van der Waals surface area contributed by atoms with Crippen LogP contribution in [0.25, 0.3) is 0 Å². The molecule has 0 bridgehead atoms. The number of hydrogen-bond donors (Lipinski definition) is 1. The molecule has 1 N–H and O–H groups in total. The van der Waals surface area contributed by atoms with Crippen molar-refractivity contribution < 1.29 is 9.53 Å². The molecular formula is C14H21ClN2O2. The molecule has 2 rings (SSSR count). The molecule has 0 radical (unpaired) electrons. The standard InChI is InChI=1S/C14H20N2O2.ClH/c1-12-9-15-7-8-16(12)14(17)11-18-10-13-5-3-2-4-6-13;/h2-6,12,15H,7-11H2,1H3;1H/t12-;/m1./s1. The van der Waals surface area contributed by atoms with Crippen molar-refractivity contribution in [1.29, 1.82) is 0 Å². The molecule has 1 aromatic rings. The van der Waals surface area contributed by atoms with E-state index in [-0.39, 0.29) is 31.0 Å². The number of nitrogens with one attached hydrogen (secondary N) is 1. The summed E-state index contributed by atoms with van der Waals surface area (Å²) in [6.07, 6.45) is 0. The maximum atomic E-state index is 12.0. The molecule has 19 heavy (non-hydrogen) atoms. The van der Waals surface area contributed by atoms with Crippen molar-refractivity contribution in [2.24, 2.45) is 0 Å². The zero-order chi connectivity index (χ0) is 12.8. The lowest BCUT2D eigenvalue weighted by molar-refractivity contribution is -0.139. The van der Waals surface area contributed by atoms with Crippen LogP contribution in [0.2, 0.25) is 0 Å². The second-order valence-corrected chi connectivity index (χ2v) is 4.62. The van der Waals surface area contributed by atoms with Crippen molar-refractivity contribution in [1.82, 2.24) is 10.2 Å². The summed E-state index contributed by atoms with van der Waals surface area (Å²) in [6, 6.07) is 10.2. The summed E-state index contributed by atoms with van der Waals surface area (Å²) < 4.78 is 5.47. The van der Waals surface area contributed by atoms with Gasteiger partial charge in [0.2, 0.25) is 5.91 Å². The predicted molar refractivity (Wildman–Crippen MR) is 77.4 cm³/mol. The third-order valence-electron chi connectivity index (χ3n) is 3.16. The van der Waals surface area contributed by atoms with Crippen molar-refractivity contribution in [3.05, 3.63) is 35.9 Å². The number of hydrogen-bond acceptors (Lipinski definition) is 3. The van der Waals surface area contributed by atoms with Gasteiger partial charge in [0.1, 0.15) is 6.61 Å². The Morgan fingerprint density at radius 3 is 2.84 bits per heavy atom. The minimum absolute atomic E-state index is 0. The fraction of sp³-hybridized carbons (Fsp3) is 0.500. The minimum atomic E-state index is 0. The fourth-order valence-electron chi connectivity index (χ4n) is 2.12. The Bertz CT molecular complexity index is 386. The van der Waals surface area contributed by atoms with Gasteiger partial charge in [-0.3, -0.25) is 4.79 Å². The number of carbonyl (C=O) groups excluding carboxylic acids is 1. The molecule has 0 saturated carbocycles. The first-order valence-electron chi connectivity index (χ1n) is 6.39. The Labute approximate surface area is 120 Å². The van der Waals surface area contributed by atoms with Gasteiger partial charge in [0, 0.05) is 25.7 Å². The van der Waals surface area contributed by atoms with Gasteiger partial charge in [-0.05, 0) is 12.5 Å². The van der Waals surface area contributed by atoms with Crippen LogP contribution in [-0.2, 0) is 16.1 Å². The van der Waals surface area contributed by atoms with Gasteiger partial charge in [-0.25, -0.2) is 0 Å². The van der Waals surface area contributed by atoms with Crippen LogP contribution >= 0.6 is 12.4 Å². The number of carbonyl (C=O) groups is 1. The van der Waals surface area contributed by atoms with E-state index < -0.39 is 0 Å². The van der Waals surface area contributed by atoms with E-state index in [1.54, 1.807) is 0 Å². The summed E-state index contributed by atoms with van der Waals surface area (Å²) in [5, 5.41) is 3.27. The van der Waals surface area contributed by atoms with E-state index in [9.17, 15) is 4.79 Å². The molecule has 1 amide bonds.